The topological polar surface area (TPSA) is 64.9 Å². The Bertz CT molecular complexity index is 389. The molecule has 4 N–H and O–H groups in total. The second kappa shape index (κ2) is 5.05. The van der Waals surface area contributed by atoms with Gasteiger partial charge in [-0.25, -0.2) is 4.98 Å². The average Bonchev–Trinajstić information content (AvgIpc) is 2.80. The number of anilines is 1. The number of rotatable bonds is 3. The van der Waals surface area contributed by atoms with Crippen LogP contribution in [0.25, 0.3) is 0 Å². The van der Waals surface area contributed by atoms with Crippen LogP contribution in [0, 0.1) is 18.8 Å². The summed E-state index contributed by atoms with van der Waals surface area (Å²) in [5.41, 5.74) is 14.5. The van der Waals surface area contributed by atoms with Crippen LogP contribution in [0.4, 0.5) is 5.82 Å². The van der Waals surface area contributed by atoms with E-state index < -0.39 is 0 Å². The van der Waals surface area contributed by atoms with Crippen molar-refractivity contribution in [2.75, 3.05) is 5.73 Å². The van der Waals surface area contributed by atoms with Crippen molar-refractivity contribution in [3.63, 3.8) is 0 Å². The van der Waals surface area contributed by atoms with E-state index in [4.69, 9.17) is 11.5 Å². The van der Waals surface area contributed by atoms with E-state index in [1.807, 2.05) is 6.92 Å². The molecule has 3 atom stereocenters. The smallest absolute Gasteiger partial charge is 0.128 e. The first-order valence-corrected chi connectivity index (χ1v) is 6.59. The molecular weight excluding hydrogens is 210 g/mol. The van der Waals surface area contributed by atoms with Gasteiger partial charge in [-0.3, -0.25) is 0 Å². The van der Waals surface area contributed by atoms with E-state index in [0.29, 0.717) is 11.7 Å². The molecule has 3 heteroatoms. The van der Waals surface area contributed by atoms with E-state index in [2.05, 4.69) is 18.0 Å². The van der Waals surface area contributed by atoms with Crippen molar-refractivity contribution in [2.24, 2.45) is 17.6 Å². The fourth-order valence-corrected chi connectivity index (χ4v) is 2.93. The van der Waals surface area contributed by atoms with Crippen LogP contribution in [-0.4, -0.2) is 4.98 Å². The highest BCUT2D eigenvalue weighted by Gasteiger charge is 2.29. The predicted octanol–water partition coefficient (Wildman–Crippen LogP) is 2.80. The Balaban J connectivity index is 2.14. The van der Waals surface area contributed by atoms with Gasteiger partial charge in [0.15, 0.2) is 0 Å². The first-order valence-electron chi connectivity index (χ1n) is 6.59. The molecule has 0 aromatic carbocycles. The van der Waals surface area contributed by atoms with Crippen LogP contribution < -0.4 is 11.5 Å². The number of aromatic nitrogens is 1. The minimum absolute atomic E-state index is 0.0546. The molecule has 0 bridgehead atoms. The number of aryl methyl sites for hydroxylation is 1. The molecule has 0 radical (unpaired) electrons. The minimum Gasteiger partial charge on any atom is -0.383 e. The van der Waals surface area contributed by atoms with E-state index in [9.17, 15) is 0 Å². The Hall–Kier alpha value is -1.09. The summed E-state index contributed by atoms with van der Waals surface area (Å²) in [5, 5.41) is 0. The third kappa shape index (κ3) is 2.60. The number of hydrogen-bond acceptors (Lipinski definition) is 3. The van der Waals surface area contributed by atoms with Crippen LogP contribution in [0.5, 0.6) is 0 Å². The summed E-state index contributed by atoms with van der Waals surface area (Å²) < 4.78 is 0. The second-order valence-electron chi connectivity index (χ2n) is 5.36. The summed E-state index contributed by atoms with van der Waals surface area (Å²) in [4.78, 5) is 4.21. The molecule has 3 nitrogen and oxygen atoms in total. The third-order valence-corrected chi connectivity index (χ3v) is 4.11. The fourth-order valence-electron chi connectivity index (χ4n) is 2.93. The van der Waals surface area contributed by atoms with Crippen molar-refractivity contribution in [2.45, 2.75) is 45.6 Å². The van der Waals surface area contributed by atoms with Gasteiger partial charge in [0.25, 0.3) is 0 Å². The minimum atomic E-state index is 0.0546. The van der Waals surface area contributed by atoms with Gasteiger partial charge in [-0.05, 0) is 43.2 Å². The van der Waals surface area contributed by atoms with Crippen molar-refractivity contribution >= 4 is 5.82 Å². The molecule has 94 valence electrons. The SMILES string of the molecule is CCC1CCC(C(N)c2cc(C)cnc2N)C1. The Morgan fingerprint density at radius 3 is 2.88 bits per heavy atom. The normalized spacial score (nSPS) is 26.1. The van der Waals surface area contributed by atoms with Crippen molar-refractivity contribution in [1.29, 1.82) is 0 Å². The van der Waals surface area contributed by atoms with Crippen LogP contribution in [0.2, 0.25) is 0 Å². The van der Waals surface area contributed by atoms with Crippen molar-refractivity contribution in [3.05, 3.63) is 23.4 Å². The van der Waals surface area contributed by atoms with Crippen molar-refractivity contribution in [1.82, 2.24) is 4.98 Å². The highest BCUT2D eigenvalue weighted by atomic mass is 14.8. The van der Waals surface area contributed by atoms with Crippen LogP contribution in [-0.2, 0) is 0 Å². The van der Waals surface area contributed by atoms with Crippen LogP contribution in [0.1, 0.15) is 49.8 Å². The van der Waals surface area contributed by atoms with Gasteiger partial charge in [-0.2, -0.15) is 0 Å². The molecule has 0 saturated heterocycles. The molecule has 0 spiro atoms. The summed E-state index contributed by atoms with van der Waals surface area (Å²) in [5.74, 6) is 2.03. The van der Waals surface area contributed by atoms with Gasteiger partial charge in [0.1, 0.15) is 5.82 Å². The molecule has 1 aromatic rings. The molecule has 2 rings (SSSR count). The maximum atomic E-state index is 6.37. The highest BCUT2D eigenvalue weighted by Crippen LogP contribution is 2.40. The van der Waals surface area contributed by atoms with E-state index in [-0.39, 0.29) is 6.04 Å². The molecule has 1 fully saturated rings. The number of pyridine rings is 1. The van der Waals surface area contributed by atoms with E-state index in [0.717, 1.165) is 17.0 Å². The monoisotopic (exact) mass is 233 g/mol. The van der Waals surface area contributed by atoms with Gasteiger partial charge in [0, 0.05) is 17.8 Å². The number of nitrogens with two attached hydrogens (primary N) is 2. The average molecular weight is 233 g/mol. The zero-order chi connectivity index (χ0) is 12.4. The Kier molecular flexibility index (Phi) is 3.67. The molecule has 3 unspecified atom stereocenters. The highest BCUT2D eigenvalue weighted by molar-refractivity contribution is 5.43. The Labute approximate surface area is 104 Å². The Morgan fingerprint density at radius 2 is 2.24 bits per heavy atom. The second-order valence-corrected chi connectivity index (χ2v) is 5.36. The molecule has 1 saturated carbocycles. The number of nitrogens with zero attached hydrogens (tertiary/aromatic N) is 1. The summed E-state index contributed by atoms with van der Waals surface area (Å²) in [6.45, 7) is 4.30. The van der Waals surface area contributed by atoms with E-state index >= 15 is 0 Å². The lowest BCUT2D eigenvalue weighted by molar-refractivity contribution is 0.416. The fraction of sp³-hybridized carbons (Fsp3) is 0.643. The zero-order valence-corrected chi connectivity index (χ0v) is 10.8. The number of hydrogen-bond donors (Lipinski definition) is 2. The Morgan fingerprint density at radius 1 is 1.47 bits per heavy atom. The quantitative estimate of drug-likeness (QED) is 0.843. The van der Waals surface area contributed by atoms with Gasteiger partial charge in [0.05, 0.1) is 0 Å². The van der Waals surface area contributed by atoms with Crippen LogP contribution in [0.15, 0.2) is 12.3 Å². The summed E-state index contributed by atoms with van der Waals surface area (Å²) >= 11 is 0. The first-order chi connectivity index (χ1) is 8.11. The van der Waals surface area contributed by atoms with Gasteiger partial charge in [-0.15, -0.1) is 0 Å². The largest absolute Gasteiger partial charge is 0.383 e. The lowest BCUT2D eigenvalue weighted by Crippen LogP contribution is -2.21. The standard InChI is InChI=1S/C14H23N3/c1-3-10-4-5-11(7-10)13(15)12-6-9(2)8-17-14(12)16/h6,8,10-11,13H,3-5,7,15H2,1-2H3,(H2,16,17). The van der Waals surface area contributed by atoms with Gasteiger partial charge >= 0.3 is 0 Å². The molecule has 0 amide bonds. The van der Waals surface area contributed by atoms with Gasteiger partial charge < -0.3 is 11.5 Å². The van der Waals surface area contributed by atoms with Gasteiger partial charge in [0.2, 0.25) is 0 Å². The summed E-state index contributed by atoms with van der Waals surface area (Å²) in [6, 6.07) is 2.14. The van der Waals surface area contributed by atoms with Crippen LogP contribution >= 0.6 is 0 Å². The maximum Gasteiger partial charge on any atom is 0.128 e. The molecule has 0 aliphatic heterocycles. The van der Waals surface area contributed by atoms with Crippen LogP contribution in [0.3, 0.4) is 0 Å². The molecule has 17 heavy (non-hydrogen) atoms. The van der Waals surface area contributed by atoms with Crippen molar-refractivity contribution in [3.8, 4) is 0 Å². The summed E-state index contributed by atoms with van der Waals surface area (Å²) in [6.07, 6.45) is 6.85. The summed E-state index contributed by atoms with van der Waals surface area (Å²) in [7, 11) is 0. The lowest BCUT2D eigenvalue weighted by atomic mass is 9.91. The molecule has 1 aliphatic rings. The molecular formula is C14H23N3. The number of nitrogen functional groups attached to an aromatic ring is 1. The maximum absolute atomic E-state index is 6.37. The van der Waals surface area contributed by atoms with E-state index in [1.54, 1.807) is 6.20 Å². The molecule has 1 heterocycles. The molecule has 1 aromatic heterocycles. The molecule has 1 aliphatic carbocycles. The zero-order valence-electron chi connectivity index (χ0n) is 10.8. The van der Waals surface area contributed by atoms with Gasteiger partial charge in [-0.1, -0.05) is 19.8 Å². The third-order valence-electron chi connectivity index (χ3n) is 4.11. The lowest BCUT2D eigenvalue weighted by Gasteiger charge is -2.21. The van der Waals surface area contributed by atoms with Crippen molar-refractivity contribution < 1.29 is 0 Å². The first kappa shape index (κ1) is 12.4. The van der Waals surface area contributed by atoms with E-state index in [1.165, 1.54) is 25.7 Å². The predicted molar refractivity (Wildman–Crippen MR) is 71.4 cm³/mol.